The van der Waals surface area contributed by atoms with E-state index in [2.05, 4.69) is 10.6 Å². The van der Waals surface area contributed by atoms with E-state index in [1.54, 1.807) is 6.92 Å². The van der Waals surface area contributed by atoms with E-state index in [1.807, 2.05) is 30.3 Å². The summed E-state index contributed by atoms with van der Waals surface area (Å²) in [6.45, 7) is 2.89. The lowest BCUT2D eigenvalue weighted by molar-refractivity contribution is -0.126. The second kappa shape index (κ2) is 7.81. The molecule has 4 heteroatoms. The van der Waals surface area contributed by atoms with Gasteiger partial charge in [0, 0.05) is 25.9 Å². The van der Waals surface area contributed by atoms with Crippen LogP contribution in [0.15, 0.2) is 30.3 Å². The highest BCUT2D eigenvalue weighted by molar-refractivity contribution is 5.78. The van der Waals surface area contributed by atoms with Gasteiger partial charge in [-0.15, -0.1) is 0 Å². The van der Waals surface area contributed by atoms with E-state index in [-0.39, 0.29) is 17.7 Å². The molecule has 0 bridgehead atoms. The van der Waals surface area contributed by atoms with Crippen LogP contribution in [0.5, 0.6) is 0 Å². The van der Waals surface area contributed by atoms with E-state index in [0.29, 0.717) is 12.5 Å². The Morgan fingerprint density at radius 2 is 1.71 bits per heavy atom. The lowest BCUT2D eigenvalue weighted by atomic mass is 9.81. The Morgan fingerprint density at radius 1 is 1.05 bits per heavy atom. The van der Waals surface area contributed by atoms with Crippen molar-refractivity contribution in [2.45, 2.75) is 39.2 Å². The normalized spacial score (nSPS) is 21.6. The van der Waals surface area contributed by atoms with Gasteiger partial charge in [0.1, 0.15) is 0 Å². The van der Waals surface area contributed by atoms with E-state index < -0.39 is 0 Å². The summed E-state index contributed by atoms with van der Waals surface area (Å²) in [7, 11) is 0. The molecular weight excluding hydrogens is 264 g/mol. The van der Waals surface area contributed by atoms with Crippen molar-refractivity contribution in [3.8, 4) is 0 Å². The third kappa shape index (κ3) is 5.21. The highest BCUT2D eigenvalue weighted by Gasteiger charge is 2.26. The first-order chi connectivity index (χ1) is 10.1. The van der Waals surface area contributed by atoms with E-state index in [4.69, 9.17) is 0 Å². The van der Waals surface area contributed by atoms with Gasteiger partial charge in [-0.2, -0.15) is 0 Å². The Morgan fingerprint density at radius 3 is 2.33 bits per heavy atom. The van der Waals surface area contributed by atoms with Crippen LogP contribution >= 0.6 is 0 Å². The zero-order valence-electron chi connectivity index (χ0n) is 12.6. The summed E-state index contributed by atoms with van der Waals surface area (Å²) in [6, 6.07) is 9.97. The molecule has 0 aromatic heterocycles. The van der Waals surface area contributed by atoms with Crippen molar-refractivity contribution in [3.63, 3.8) is 0 Å². The minimum atomic E-state index is 0.0257. The van der Waals surface area contributed by atoms with Gasteiger partial charge in [-0.1, -0.05) is 30.3 Å². The van der Waals surface area contributed by atoms with Crippen LogP contribution < -0.4 is 10.6 Å². The number of hydrogen-bond donors (Lipinski definition) is 2. The van der Waals surface area contributed by atoms with Crippen molar-refractivity contribution in [3.05, 3.63) is 35.9 Å². The smallest absolute Gasteiger partial charge is 0.223 e. The molecule has 1 saturated carbocycles. The lowest BCUT2D eigenvalue weighted by Crippen LogP contribution is -2.35. The van der Waals surface area contributed by atoms with Crippen molar-refractivity contribution < 1.29 is 9.59 Å². The van der Waals surface area contributed by atoms with E-state index >= 15 is 0 Å². The molecule has 21 heavy (non-hydrogen) atoms. The second-order valence-electron chi connectivity index (χ2n) is 5.86. The zero-order chi connectivity index (χ0) is 15.1. The van der Waals surface area contributed by atoms with Gasteiger partial charge in [0.2, 0.25) is 11.8 Å². The van der Waals surface area contributed by atoms with E-state index in [1.165, 1.54) is 0 Å². The Hall–Kier alpha value is -1.84. The van der Waals surface area contributed by atoms with E-state index in [9.17, 15) is 9.59 Å². The van der Waals surface area contributed by atoms with Crippen molar-refractivity contribution in [2.75, 3.05) is 6.54 Å². The molecule has 1 aliphatic rings. The van der Waals surface area contributed by atoms with Crippen molar-refractivity contribution in [1.82, 2.24) is 10.6 Å². The predicted molar refractivity (Wildman–Crippen MR) is 82.4 cm³/mol. The number of rotatable bonds is 5. The molecular formula is C17H24N2O2. The van der Waals surface area contributed by atoms with Crippen LogP contribution in [-0.2, 0) is 16.1 Å². The topological polar surface area (TPSA) is 58.2 Å². The van der Waals surface area contributed by atoms with Crippen molar-refractivity contribution >= 4 is 11.8 Å². The van der Waals surface area contributed by atoms with Crippen LogP contribution in [0.3, 0.4) is 0 Å². The first-order valence-electron chi connectivity index (χ1n) is 7.71. The largest absolute Gasteiger partial charge is 0.356 e. The van der Waals surface area contributed by atoms with Gasteiger partial charge in [-0.25, -0.2) is 0 Å². The molecule has 1 aromatic rings. The number of amides is 2. The fraction of sp³-hybridized carbons (Fsp3) is 0.529. The zero-order valence-corrected chi connectivity index (χ0v) is 12.6. The highest BCUT2D eigenvalue weighted by Crippen LogP contribution is 2.28. The summed E-state index contributed by atoms with van der Waals surface area (Å²) in [4.78, 5) is 23.1. The van der Waals surface area contributed by atoms with Crippen LogP contribution in [0.25, 0.3) is 0 Å². The molecule has 0 aliphatic heterocycles. The number of benzene rings is 1. The average molecular weight is 288 g/mol. The van der Waals surface area contributed by atoms with Gasteiger partial charge >= 0.3 is 0 Å². The number of nitrogens with one attached hydrogen (secondary N) is 2. The van der Waals surface area contributed by atoms with Crippen LogP contribution in [0.4, 0.5) is 0 Å². The van der Waals surface area contributed by atoms with Gasteiger partial charge in [0.05, 0.1) is 0 Å². The Bertz CT molecular complexity index is 465. The molecule has 2 amide bonds. The molecule has 0 radical (unpaired) electrons. The maximum Gasteiger partial charge on any atom is 0.223 e. The van der Waals surface area contributed by atoms with Crippen molar-refractivity contribution in [2.24, 2.45) is 11.8 Å². The second-order valence-corrected chi connectivity index (χ2v) is 5.86. The summed E-state index contributed by atoms with van der Waals surface area (Å²) in [5, 5.41) is 5.89. The maximum atomic E-state index is 12.2. The SMILES string of the molecule is CC(=O)NCC1CCC(C(=O)NCc2ccccc2)CC1. The van der Waals surface area contributed by atoms with Gasteiger partial charge in [-0.05, 0) is 37.2 Å². The summed E-state index contributed by atoms with van der Waals surface area (Å²) >= 11 is 0. The van der Waals surface area contributed by atoms with E-state index in [0.717, 1.165) is 37.8 Å². The molecule has 0 atom stereocenters. The van der Waals surface area contributed by atoms with Gasteiger partial charge in [-0.3, -0.25) is 9.59 Å². The highest BCUT2D eigenvalue weighted by atomic mass is 16.2. The molecule has 1 aromatic carbocycles. The molecule has 4 nitrogen and oxygen atoms in total. The Balaban J connectivity index is 1.69. The van der Waals surface area contributed by atoms with Crippen LogP contribution in [-0.4, -0.2) is 18.4 Å². The fourth-order valence-electron chi connectivity index (χ4n) is 2.85. The molecule has 0 unspecified atom stereocenters. The van der Waals surface area contributed by atoms with Crippen LogP contribution in [0.1, 0.15) is 38.2 Å². The molecule has 0 saturated heterocycles. The molecule has 114 valence electrons. The predicted octanol–water partition coefficient (Wildman–Crippen LogP) is 2.25. The molecule has 1 fully saturated rings. The number of carbonyl (C=O) groups is 2. The minimum Gasteiger partial charge on any atom is -0.356 e. The Labute approximate surface area is 126 Å². The number of carbonyl (C=O) groups excluding carboxylic acids is 2. The van der Waals surface area contributed by atoms with Gasteiger partial charge in [0.15, 0.2) is 0 Å². The van der Waals surface area contributed by atoms with Crippen LogP contribution in [0.2, 0.25) is 0 Å². The Kier molecular flexibility index (Phi) is 5.78. The quantitative estimate of drug-likeness (QED) is 0.873. The average Bonchev–Trinajstić information content (AvgIpc) is 2.52. The first kappa shape index (κ1) is 15.5. The minimum absolute atomic E-state index is 0.0257. The summed E-state index contributed by atoms with van der Waals surface area (Å²) in [5.41, 5.74) is 1.13. The third-order valence-electron chi connectivity index (χ3n) is 4.17. The lowest BCUT2D eigenvalue weighted by Gasteiger charge is -2.27. The summed E-state index contributed by atoms with van der Waals surface area (Å²) < 4.78 is 0. The standard InChI is InChI=1S/C17H24N2O2/c1-13(20)18-11-15-7-9-16(10-8-15)17(21)19-12-14-5-3-2-4-6-14/h2-6,15-16H,7-12H2,1H3,(H,18,20)(H,19,21). The van der Waals surface area contributed by atoms with Gasteiger partial charge in [0.25, 0.3) is 0 Å². The summed E-state index contributed by atoms with van der Waals surface area (Å²) in [5.74, 6) is 0.837. The van der Waals surface area contributed by atoms with Crippen molar-refractivity contribution in [1.29, 1.82) is 0 Å². The molecule has 0 spiro atoms. The maximum absolute atomic E-state index is 12.2. The van der Waals surface area contributed by atoms with Crippen LogP contribution in [0, 0.1) is 11.8 Å². The molecule has 1 aliphatic carbocycles. The fourth-order valence-corrected chi connectivity index (χ4v) is 2.85. The molecule has 2 N–H and O–H groups in total. The summed E-state index contributed by atoms with van der Waals surface area (Å²) in [6.07, 6.45) is 3.88. The monoisotopic (exact) mass is 288 g/mol. The molecule has 2 rings (SSSR count). The van der Waals surface area contributed by atoms with Gasteiger partial charge < -0.3 is 10.6 Å². The molecule has 0 heterocycles. The number of hydrogen-bond acceptors (Lipinski definition) is 2. The first-order valence-corrected chi connectivity index (χ1v) is 7.71. The third-order valence-corrected chi connectivity index (χ3v) is 4.17.